The topological polar surface area (TPSA) is 113 Å². The van der Waals surface area contributed by atoms with Gasteiger partial charge in [0.05, 0.1) is 21.5 Å². The van der Waals surface area contributed by atoms with Gasteiger partial charge < -0.3 is 4.90 Å². The van der Waals surface area contributed by atoms with Gasteiger partial charge in [-0.25, -0.2) is 0 Å². The van der Waals surface area contributed by atoms with Crippen LogP contribution in [0, 0.1) is 31.6 Å². The Morgan fingerprint density at radius 3 is 2.20 bits per heavy atom. The van der Waals surface area contributed by atoms with Crippen molar-refractivity contribution in [2.75, 3.05) is 19.0 Å². The lowest BCUT2D eigenvalue weighted by Crippen LogP contribution is -2.10. The molecular formula is C17H14N4O4. The van der Waals surface area contributed by atoms with Crippen LogP contribution < -0.4 is 4.90 Å². The zero-order chi connectivity index (χ0) is 18.6. The van der Waals surface area contributed by atoms with Crippen LogP contribution in [0.25, 0.3) is 11.6 Å². The minimum absolute atomic E-state index is 0.0697. The molecule has 0 atom stereocenters. The molecule has 0 bridgehead atoms. The Morgan fingerprint density at radius 1 is 1.08 bits per heavy atom. The third-order valence-electron chi connectivity index (χ3n) is 3.50. The van der Waals surface area contributed by atoms with Crippen LogP contribution in [0.2, 0.25) is 0 Å². The quantitative estimate of drug-likeness (QED) is 0.356. The van der Waals surface area contributed by atoms with Crippen molar-refractivity contribution in [3.8, 4) is 6.07 Å². The van der Waals surface area contributed by atoms with Crippen molar-refractivity contribution >= 4 is 28.7 Å². The molecule has 0 spiro atoms. The van der Waals surface area contributed by atoms with Gasteiger partial charge in [-0.2, -0.15) is 5.26 Å². The summed E-state index contributed by atoms with van der Waals surface area (Å²) in [4.78, 5) is 22.5. The molecule has 0 saturated heterocycles. The SMILES string of the molecule is CN(C)c1ccc(C=C(C#N)c2ccc([N+](=O)[O-])cc2)cc1[N+](=O)[O-]. The van der Waals surface area contributed by atoms with Gasteiger partial charge in [-0.1, -0.05) is 6.07 Å². The summed E-state index contributed by atoms with van der Waals surface area (Å²) in [7, 11) is 3.41. The lowest BCUT2D eigenvalue weighted by atomic mass is 10.0. The van der Waals surface area contributed by atoms with Crippen LogP contribution in [0.5, 0.6) is 0 Å². The number of rotatable bonds is 5. The third-order valence-corrected chi connectivity index (χ3v) is 3.50. The van der Waals surface area contributed by atoms with E-state index in [1.54, 1.807) is 31.1 Å². The highest BCUT2D eigenvalue weighted by molar-refractivity contribution is 5.90. The fourth-order valence-corrected chi connectivity index (χ4v) is 2.26. The van der Waals surface area contributed by atoms with Crippen molar-refractivity contribution < 1.29 is 9.85 Å². The van der Waals surface area contributed by atoms with Crippen molar-refractivity contribution in [2.45, 2.75) is 0 Å². The third kappa shape index (κ3) is 3.97. The minimum atomic E-state index is -0.525. The maximum Gasteiger partial charge on any atom is 0.293 e. The predicted octanol–water partition coefficient (Wildman–Crippen LogP) is 3.63. The van der Waals surface area contributed by atoms with E-state index in [-0.39, 0.29) is 16.9 Å². The summed E-state index contributed by atoms with van der Waals surface area (Å²) >= 11 is 0. The second-order valence-corrected chi connectivity index (χ2v) is 5.37. The first kappa shape index (κ1) is 17.6. The van der Waals surface area contributed by atoms with Crippen molar-refractivity contribution in [3.05, 3.63) is 73.8 Å². The Hall–Kier alpha value is -3.73. The second kappa shape index (κ2) is 7.23. The Bertz CT molecular complexity index is 896. The zero-order valence-corrected chi connectivity index (χ0v) is 13.5. The van der Waals surface area contributed by atoms with E-state index in [2.05, 4.69) is 0 Å². The molecule has 0 aliphatic rings. The Kier molecular flexibility index (Phi) is 5.09. The molecule has 25 heavy (non-hydrogen) atoms. The predicted molar refractivity (Wildman–Crippen MR) is 94.0 cm³/mol. The number of non-ortho nitro benzene ring substituents is 1. The minimum Gasteiger partial charge on any atom is -0.372 e. The first-order valence-corrected chi connectivity index (χ1v) is 7.16. The van der Waals surface area contributed by atoms with Crippen molar-refractivity contribution in [3.63, 3.8) is 0 Å². The lowest BCUT2D eigenvalue weighted by Gasteiger charge is -2.12. The van der Waals surface area contributed by atoms with Gasteiger partial charge in [0.25, 0.3) is 11.4 Å². The van der Waals surface area contributed by atoms with Crippen LogP contribution in [-0.4, -0.2) is 23.9 Å². The number of anilines is 1. The summed E-state index contributed by atoms with van der Waals surface area (Å²) in [6.07, 6.45) is 1.51. The zero-order valence-electron chi connectivity index (χ0n) is 13.5. The van der Waals surface area contributed by atoms with Crippen LogP contribution in [0.1, 0.15) is 11.1 Å². The number of benzene rings is 2. The molecule has 126 valence electrons. The fraction of sp³-hybridized carbons (Fsp3) is 0.118. The number of nitro groups is 2. The monoisotopic (exact) mass is 338 g/mol. The lowest BCUT2D eigenvalue weighted by molar-refractivity contribution is -0.384. The number of hydrogen-bond donors (Lipinski definition) is 0. The van der Waals surface area contributed by atoms with Crippen molar-refractivity contribution in [1.82, 2.24) is 0 Å². The molecule has 0 aromatic heterocycles. The molecular weight excluding hydrogens is 324 g/mol. The molecule has 0 unspecified atom stereocenters. The molecule has 0 fully saturated rings. The van der Waals surface area contributed by atoms with Gasteiger partial charge >= 0.3 is 0 Å². The molecule has 2 rings (SSSR count). The van der Waals surface area contributed by atoms with Gasteiger partial charge in [0.2, 0.25) is 0 Å². The molecule has 8 nitrogen and oxygen atoms in total. The molecule has 0 aliphatic carbocycles. The van der Waals surface area contributed by atoms with E-state index in [0.717, 1.165) is 0 Å². The van der Waals surface area contributed by atoms with E-state index in [1.807, 2.05) is 6.07 Å². The van der Waals surface area contributed by atoms with Crippen LogP contribution in [0.4, 0.5) is 17.1 Å². The maximum absolute atomic E-state index is 11.2. The molecule has 2 aromatic carbocycles. The standard InChI is InChI=1S/C17H14N4O4/c1-19(2)16-8-3-12(10-17(16)21(24)25)9-14(11-18)13-4-6-15(7-5-13)20(22)23/h3-10H,1-2H3. The summed E-state index contributed by atoms with van der Waals surface area (Å²) < 4.78 is 0. The van der Waals surface area contributed by atoms with Crippen LogP contribution in [0.3, 0.4) is 0 Å². The number of nitriles is 1. The van der Waals surface area contributed by atoms with Crippen LogP contribution >= 0.6 is 0 Å². The molecule has 0 radical (unpaired) electrons. The molecule has 8 heteroatoms. The van der Waals surface area contributed by atoms with Gasteiger partial charge in [-0.15, -0.1) is 0 Å². The van der Waals surface area contributed by atoms with E-state index in [0.29, 0.717) is 16.8 Å². The summed E-state index contributed by atoms with van der Waals surface area (Å²) in [5.74, 6) is 0. The van der Waals surface area contributed by atoms with Gasteiger partial charge in [-0.05, 0) is 35.4 Å². The smallest absolute Gasteiger partial charge is 0.293 e. The summed E-state index contributed by atoms with van der Waals surface area (Å²) in [6.45, 7) is 0. The van der Waals surface area contributed by atoms with Gasteiger partial charge in [0.15, 0.2) is 0 Å². The highest BCUT2D eigenvalue weighted by atomic mass is 16.6. The Morgan fingerprint density at radius 2 is 1.72 bits per heavy atom. The molecule has 0 heterocycles. The van der Waals surface area contributed by atoms with Crippen LogP contribution in [0.15, 0.2) is 42.5 Å². The van der Waals surface area contributed by atoms with Gasteiger partial charge in [0, 0.05) is 32.3 Å². The normalized spacial score (nSPS) is 10.8. The Balaban J connectivity index is 2.46. The maximum atomic E-state index is 11.2. The van der Waals surface area contributed by atoms with E-state index >= 15 is 0 Å². The average molecular weight is 338 g/mol. The highest BCUT2D eigenvalue weighted by Gasteiger charge is 2.16. The Labute approximate surface area is 143 Å². The second-order valence-electron chi connectivity index (χ2n) is 5.37. The van der Waals surface area contributed by atoms with E-state index < -0.39 is 9.85 Å². The molecule has 0 N–H and O–H groups in total. The van der Waals surface area contributed by atoms with Crippen molar-refractivity contribution in [1.29, 1.82) is 5.26 Å². The molecule has 2 aromatic rings. The molecule has 0 saturated carbocycles. The summed E-state index contributed by atoms with van der Waals surface area (Å²) in [5.41, 5.74) is 1.55. The number of allylic oxidation sites excluding steroid dienone is 1. The van der Waals surface area contributed by atoms with Gasteiger partial charge in [0.1, 0.15) is 5.69 Å². The first-order chi connectivity index (χ1) is 11.8. The van der Waals surface area contributed by atoms with E-state index in [9.17, 15) is 25.5 Å². The molecule has 0 aliphatic heterocycles. The highest BCUT2D eigenvalue weighted by Crippen LogP contribution is 2.29. The first-order valence-electron chi connectivity index (χ1n) is 7.16. The van der Waals surface area contributed by atoms with E-state index in [1.165, 1.54) is 36.4 Å². The number of nitrogens with zero attached hydrogens (tertiary/aromatic N) is 4. The van der Waals surface area contributed by atoms with E-state index in [4.69, 9.17) is 0 Å². The average Bonchev–Trinajstić information content (AvgIpc) is 2.59. The fourth-order valence-electron chi connectivity index (χ4n) is 2.26. The van der Waals surface area contributed by atoms with Crippen LogP contribution in [-0.2, 0) is 0 Å². The van der Waals surface area contributed by atoms with Crippen molar-refractivity contribution in [2.24, 2.45) is 0 Å². The number of hydrogen-bond acceptors (Lipinski definition) is 6. The summed E-state index contributed by atoms with van der Waals surface area (Å²) in [6, 6.07) is 12.2. The van der Waals surface area contributed by atoms with Gasteiger partial charge in [-0.3, -0.25) is 20.2 Å². The number of nitro benzene ring substituents is 2. The molecule has 0 amide bonds. The largest absolute Gasteiger partial charge is 0.372 e. The summed E-state index contributed by atoms with van der Waals surface area (Å²) in [5, 5.41) is 31.3.